The van der Waals surface area contributed by atoms with E-state index < -0.39 is 0 Å². The third-order valence-electron chi connectivity index (χ3n) is 4.39. The van der Waals surface area contributed by atoms with Gasteiger partial charge in [-0.05, 0) is 43.4 Å². The highest BCUT2D eigenvalue weighted by atomic mass is 127. The van der Waals surface area contributed by atoms with E-state index in [1.54, 1.807) is 7.11 Å². The normalized spacial score (nSPS) is 15.7. The maximum atomic E-state index is 6.03. The molecular formula is C19H31ClIN3O2. The number of nitrogens with one attached hydrogen (secondary N) is 1. The molecule has 0 bridgehead atoms. The number of piperidine rings is 1. The zero-order chi connectivity index (χ0) is 17.9. The minimum absolute atomic E-state index is 0. The van der Waals surface area contributed by atoms with E-state index in [1.807, 2.05) is 25.2 Å². The number of nitrogens with zero attached hydrogens (tertiary/aromatic N) is 2. The van der Waals surface area contributed by atoms with Gasteiger partial charge in [0.25, 0.3) is 0 Å². The number of aliphatic imine (C=N–C) groups is 1. The predicted molar refractivity (Wildman–Crippen MR) is 119 cm³/mol. The Balaban J connectivity index is 0.00000338. The topological polar surface area (TPSA) is 46.1 Å². The second kappa shape index (κ2) is 13.6. The molecule has 1 saturated heterocycles. The van der Waals surface area contributed by atoms with Crippen LogP contribution in [0.1, 0.15) is 24.8 Å². The predicted octanol–water partition coefficient (Wildman–Crippen LogP) is 3.59. The average Bonchev–Trinajstić information content (AvgIpc) is 2.63. The molecule has 1 aromatic rings. The summed E-state index contributed by atoms with van der Waals surface area (Å²) < 4.78 is 11.0. The van der Waals surface area contributed by atoms with Crippen LogP contribution in [-0.4, -0.2) is 64.0 Å². The van der Waals surface area contributed by atoms with Crippen molar-refractivity contribution in [3.05, 3.63) is 34.9 Å². The lowest BCUT2D eigenvalue weighted by molar-refractivity contribution is 0.00992. The van der Waals surface area contributed by atoms with Gasteiger partial charge in [-0.25, -0.2) is 0 Å². The van der Waals surface area contributed by atoms with Crippen molar-refractivity contribution < 1.29 is 9.47 Å². The van der Waals surface area contributed by atoms with Crippen LogP contribution in [-0.2, 0) is 15.9 Å². The number of guanidine groups is 1. The van der Waals surface area contributed by atoms with Crippen molar-refractivity contribution in [1.82, 2.24) is 10.2 Å². The van der Waals surface area contributed by atoms with E-state index in [0.717, 1.165) is 69.5 Å². The van der Waals surface area contributed by atoms with Crippen molar-refractivity contribution in [1.29, 1.82) is 0 Å². The minimum atomic E-state index is 0. The molecule has 1 aliphatic rings. The smallest absolute Gasteiger partial charge is 0.193 e. The van der Waals surface area contributed by atoms with Crippen molar-refractivity contribution in [2.24, 2.45) is 4.99 Å². The molecule has 7 heteroatoms. The number of hydrogen-bond acceptors (Lipinski definition) is 3. The van der Waals surface area contributed by atoms with Crippen molar-refractivity contribution in [2.45, 2.75) is 31.8 Å². The van der Waals surface area contributed by atoms with E-state index >= 15 is 0 Å². The van der Waals surface area contributed by atoms with Gasteiger partial charge in [-0.2, -0.15) is 0 Å². The molecule has 0 aliphatic carbocycles. The lowest BCUT2D eigenvalue weighted by atomic mass is 10.1. The van der Waals surface area contributed by atoms with Crippen LogP contribution >= 0.6 is 35.6 Å². The third kappa shape index (κ3) is 8.41. The quantitative estimate of drug-likeness (QED) is 0.259. The zero-order valence-electron chi connectivity index (χ0n) is 15.7. The minimum Gasteiger partial charge on any atom is -0.385 e. The van der Waals surface area contributed by atoms with Gasteiger partial charge in [0, 0.05) is 52.0 Å². The van der Waals surface area contributed by atoms with Gasteiger partial charge >= 0.3 is 0 Å². The first kappa shape index (κ1) is 23.5. The summed E-state index contributed by atoms with van der Waals surface area (Å²) in [6, 6.07) is 8.00. The number of rotatable bonds is 8. The fourth-order valence-corrected chi connectivity index (χ4v) is 3.24. The SMILES string of the molecule is CN=C(NCCc1cccc(Cl)c1)N1CCC(OCCCOC)CC1.I. The molecular weight excluding hydrogens is 465 g/mol. The van der Waals surface area contributed by atoms with Crippen LogP contribution in [0.2, 0.25) is 5.02 Å². The van der Waals surface area contributed by atoms with Gasteiger partial charge in [-0.3, -0.25) is 4.99 Å². The van der Waals surface area contributed by atoms with Crippen LogP contribution in [0.5, 0.6) is 0 Å². The van der Waals surface area contributed by atoms with Gasteiger partial charge in [0.1, 0.15) is 0 Å². The molecule has 1 aliphatic heterocycles. The monoisotopic (exact) mass is 495 g/mol. The number of benzene rings is 1. The summed E-state index contributed by atoms with van der Waals surface area (Å²) in [4.78, 5) is 6.73. The molecule has 0 saturated carbocycles. The third-order valence-corrected chi connectivity index (χ3v) is 4.62. The molecule has 0 spiro atoms. The van der Waals surface area contributed by atoms with Crippen molar-refractivity contribution in [2.75, 3.05) is 47.0 Å². The first-order chi connectivity index (χ1) is 12.2. The van der Waals surface area contributed by atoms with E-state index in [1.165, 1.54) is 5.56 Å². The van der Waals surface area contributed by atoms with Crippen molar-refractivity contribution in [3.8, 4) is 0 Å². The highest BCUT2D eigenvalue weighted by molar-refractivity contribution is 14.0. The summed E-state index contributed by atoms with van der Waals surface area (Å²) in [5, 5.41) is 4.24. The van der Waals surface area contributed by atoms with Crippen LogP contribution in [0.3, 0.4) is 0 Å². The Morgan fingerprint density at radius 3 is 2.73 bits per heavy atom. The molecule has 26 heavy (non-hydrogen) atoms. The Labute approximate surface area is 179 Å². The Kier molecular flexibility index (Phi) is 12.3. The zero-order valence-corrected chi connectivity index (χ0v) is 18.8. The highest BCUT2D eigenvalue weighted by Gasteiger charge is 2.21. The number of ether oxygens (including phenoxy) is 2. The summed E-state index contributed by atoms with van der Waals surface area (Å²) in [6.45, 7) is 4.35. The Bertz CT molecular complexity index is 537. The highest BCUT2D eigenvalue weighted by Crippen LogP contribution is 2.14. The summed E-state index contributed by atoms with van der Waals surface area (Å²) in [5.41, 5.74) is 1.23. The van der Waals surface area contributed by atoms with E-state index in [2.05, 4.69) is 21.3 Å². The van der Waals surface area contributed by atoms with Gasteiger partial charge in [-0.15, -0.1) is 24.0 Å². The van der Waals surface area contributed by atoms with E-state index in [4.69, 9.17) is 21.1 Å². The maximum absolute atomic E-state index is 6.03. The molecule has 1 N–H and O–H groups in total. The van der Waals surface area contributed by atoms with Gasteiger partial charge in [0.2, 0.25) is 0 Å². The Hall–Kier alpha value is -0.570. The summed E-state index contributed by atoms with van der Waals surface area (Å²) >= 11 is 6.03. The number of methoxy groups -OCH3 is 1. The molecule has 0 atom stereocenters. The molecule has 1 fully saturated rings. The fourth-order valence-electron chi connectivity index (χ4n) is 3.03. The van der Waals surface area contributed by atoms with Crippen LogP contribution in [0.4, 0.5) is 0 Å². The molecule has 1 heterocycles. The molecule has 0 radical (unpaired) electrons. The molecule has 0 aromatic heterocycles. The molecule has 148 valence electrons. The Morgan fingerprint density at radius 1 is 1.31 bits per heavy atom. The largest absolute Gasteiger partial charge is 0.385 e. The number of likely N-dealkylation sites (tertiary alicyclic amines) is 1. The van der Waals surface area contributed by atoms with Crippen LogP contribution in [0.25, 0.3) is 0 Å². The maximum Gasteiger partial charge on any atom is 0.193 e. The van der Waals surface area contributed by atoms with Gasteiger partial charge in [0.05, 0.1) is 6.10 Å². The van der Waals surface area contributed by atoms with Crippen LogP contribution in [0, 0.1) is 0 Å². The van der Waals surface area contributed by atoms with E-state index in [9.17, 15) is 0 Å². The van der Waals surface area contributed by atoms with Crippen molar-refractivity contribution >= 4 is 41.5 Å². The summed E-state index contributed by atoms with van der Waals surface area (Å²) in [7, 11) is 3.57. The van der Waals surface area contributed by atoms with Gasteiger partial charge in [-0.1, -0.05) is 23.7 Å². The lowest BCUT2D eigenvalue weighted by Gasteiger charge is -2.34. The van der Waals surface area contributed by atoms with Crippen LogP contribution < -0.4 is 5.32 Å². The van der Waals surface area contributed by atoms with Crippen molar-refractivity contribution in [3.63, 3.8) is 0 Å². The second-order valence-electron chi connectivity index (χ2n) is 6.26. The summed E-state index contributed by atoms with van der Waals surface area (Å²) in [6.07, 6.45) is 4.34. The molecule has 1 aromatic carbocycles. The summed E-state index contributed by atoms with van der Waals surface area (Å²) in [5.74, 6) is 0.972. The number of halogens is 2. The molecule has 2 rings (SSSR count). The first-order valence-electron chi connectivity index (χ1n) is 9.03. The standard InChI is InChI=1S/C19H30ClN3O2.HI/c1-21-19(22-10-7-16-5-3-6-17(20)15-16)23-11-8-18(9-12-23)25-14-4-13-24-2;/h3,5-6,15,18H,4,7-14H2,1-2H3,(H,21,22);1H. The lowest BCUT2D eigenvalue weighted by Crippen LogP contribution is -2.47. The molecule has 0 amide bonds. The van der Waals surface area contributed by atoms with Gasteiger partial charge < -0.3 is 19.7 Å². The van der Waals surface area contributed by atoms with E-state index in [0.29, 0.717) is 6.10 Å². The second-order valence-corrected chi connectivity index (χ2v) is 6.69. The van der Waals surface area contributed by atoms with E-state index in [-0.39, 0.29) is 24.0 Å². The van der Waals surface area contributed by atoms with Gasteiger partial charge in [0.15, 0.2) is 5.96 Å². The molecule has 0 unspecified atom stereocenters. The molecule has 5 nitrogen and oxygen atoms in total. The fraction of sp³-hybridized carbons (Fsp3) is 0.632. The van der Waals surface area contributed by atoms with Crippen LogP contribution in [0.15, 0.2) is 29.3 Å². The first-order valence-corrected chi connectivity index (χ1v) is 9.41. The Morgan fingerprint density at radius 2 is 2.08 bits per heavy atom. The average molecular weight is 496 g/mol. The number of hydrogen-bond donors (Lipinski definition) is 1.